The third kappa shape index (κ3) is 4.61. The standard InChI is InChI=1S/C21H21N3/c1-2-18-9-11-19(12-10-18)15-24(16-20-7-3-5-13-22-20)17-21-8-4-6-14-23-21/h2-14H,1,15-17H2. The van der Waals surface area contributed by atoms with Gasteiger partial charge in [0.2, 0.25) is 0 Å². The first-order valence-corrected chi connectivity index (χ1v) is 8.07. The van der Waals surface area contributed by atoms with Gasteiger partial charge < -0.3 is 0 Å². The van der Waals surface area contributed by atoms with Gasteiger partial charge in [-0.3, -0.25) is 14.9 Å². The first-order chi connectivity index (χ1) is 11.8. The van der Waals surface area contributed by atoms with Gasteiger partial charge >= 0.3 is 0 Å². The minimum atomic E-state index is 0.792. The van der Waals surface area contributed by atoms with E-state index < -0.39 is 0 Å². The summed E-state index contributed by atoms with van der Waals surface area (Å²) in [4.78, 5) is 11.3. The van der Waals surface area contributed by atoms with Crippen LogP contribution in [-0.4, -0.2) is 14.9 Å². The average Bonchev–Trinajstić information content (AvgIpc) is 2.64. The fourth-order valence-electron chi connectivity index (χ4n) is 2.63. The SMILES string of the molecule is C=Cc1ccc(CN(Cc2ccccn2)Cc2ccccn2)cc1. The lowest BCUT2D eigenvalue weighted by Gasteiger charge is -2.22. The smallest absolute Gasteiger partial charge is 0.0544 e. The fourth-order valence-corrected chi connectivity index (χ4v) is 2.63. The maximum Gasteiger partial charge on any atom is 0.0544 e. The Balaban J connectivity index is 1.76. The molecule has 1 aromatic carbocycles. The van der Waals surface area contributed by atoms with Gasteiger partial charge in [-0.25, -0.2) is 0 Å². The van der Waals surface area contributed by atoms with Gasteiger partial charge in [0.05, 0.1) is 11.4 Å². The van der Waals surface area contributed by atoms with Crippen LogP contribution in [0.4, 0.5) is 0 Å². The molecule has 3 nitrogen and oxygen atoms in total. The monoisotopic (exact) mass is 315 g/mol. The molecule has 0 unspecified atom stereocenters. The Hall–Kier alpha value is -2.78. The van der Waals surface area contributed by atoms with Gasteiger partial charge in [0.25, 0.3) is 0 Å². The van der Waals surface area contributed by atoms with E-state index in [1.54, 1.807) is 0 Å². The maximum absolute atomic E-state index is 4.45. The van der Waals surface area contributed by atoms with Crippen molar-refractivity contribution in [2.24, 2.45) is 0 Å². The normalized spacial score (nSPS) is 10.7. The van der Waals surface area contributed by atoms with E-state index in [2.05, 4.69) is 57.8 Å². The van der Waals surface area contributed by atoms with Crippen molar-refractivity contribution in [2.45, 2.75) is 19.6 Å². The molecule has 0 aliphatic carbocycles. The zero-order valence-electron chi connectivity index (χ0n) is 13.7. The van der Waals surface area contributed by atoms with Gasteiger partial charge in [0.15, 0.2) is 0 Å². The van der Waals surface area contributed by atoms with Crippen molar-refractivity contribution in [1.29, 1.82) is 0 Å². The van der Waals surface area contributed by atoms with E-state index in [0.717, 1.165) is 36.6 Å². The fraction of sp³-hybridized carbons (Fsp3) is 0.143. The van der Waals surface area contributed by atoms with Crippen LogP contribution < -0.4 is 0 Å². The zero-order chi connectivity index (χ0) is 16.6. The highest BCUT2D eigenvalue weighted by Gasteiger charge is 2.09. The van der Waals surface area contributed by atoms with Crippen LogP contribution in [0.15, 0.2) is 79.6 Å². The minimum Gasteiger partial charge on any atom is -0.287 e. The molecule has 2 aromatic heterocycles. The molecule has 120 valence electrons. The second-order valence-electron chi connectivity index (χ2n) is 5.73. The highest BCUT2D eigenvalue weighted by molar-refractivity contribution is 5.47. The number of rotatable bonds is 7. The number of pyridine rings is 2. The number of benzene rings is 1. The second kappa shape index (κ2) is 8.18. The van der Waals surface area contributed by atoms with Crippen molar-refractivity contribution >= 4 is 6.08 Å². The van der Waals surface area contributed by atoms with E-state index in [0.29, 0.717) is 0 Å². The van der Waals surface area contributed by atoms with Gasteiger partial charge in [-0.1, -0.05) is 49.1 Å². The number of hydrogen-bond donors (Lipinski definition) is 0. The van der Waals surface area contributed by atoms with Gasteiger partial charge in [-0.2, -0.15) is 0 Å². The van der Waals surface area contributed by atoms with Crippen molar-refractivity contribution < 1.29 is 0 Å². The molecular weight excluding hydrogens is 294 g/mol. The Labute approximate surface area is 143 Å². The van der Waals surface area contributed by atoms with Crippen LogP contribution in [-0.2, 0) is 19.6 Å². The lowest BCUT2D eigenvalue weighted by atomic mass is 10.1. The van der Waals surface area contributed by atoms with Crippen molar-refractivity contribution in [3.8, 4) is 0 Å². The molecule has 0 aliphatic heterocycles. The van der Waals surface area contributed by atoms with Crippen LogP contribution in [0, 0.1) is 0 Å². The topological polar surface area (TPSA) is 29.0 Å². The molecule has 0 fully saturated rings. The lowest BCUT2D eigenvalue weighted by molar-refractivity contribution is 0.241. The largest absolute Gasteiger partial charge is 0.287 e. The Morgan fingerprint density at radius 1 is 0.750 bits per heavy atom. The first kappa shape index (κ1) is 16.1. The molecule has 0 aliphatic rings. The summed E-state index contributed by atoms with van der Waals surface area (Å²) in [6.45, 7) is 6.24. The van der Waals surface area contributed by atoms with E-state index >= 15 is 0 Å². The number of nitrogens with zero attached hydrogens (tertiary/aromatic N) is 3. The van der Waals surface area contributed by atoms with E-state index in [-0.39, 0.29) is 0 Å². The average molecular weight is 315 g/mol. The molecule has 0 amide bonds. The van der Waals surface area contributed by atoms with Gasteiger partial charge in [-0.05, 0) is 35.4 Å². The van der Waals surface area contributed by atoms with Gasteiger partial charge in [0.1, 0.15) is 0 Å². The zero-order valence-corrected chi connectivity index (χ0v) is 13.7. The summed E-state index contributed by atoms with van der Waals surface area (Å²) in [5, 5.41) is 0. The molecule has 0 spiro atoms. The summed E-state index contributed by atoms with van der Waals surface area (Å²) in [5.74, 6) is 0. The predicted octanol–water partition coefficient (Wildman–Crippen LogP) is 4.32. The third-order valence-corrected chi connectivity index (χ3v) is 3.85. The molecule has 0 bridgehead atoms. The van der Waals surface area contributed by atoms with E-state index in [1.807, 2.05) is 42.7 Å². The Bertz CT molecular complexity index is 711. The first-order valence-electron chi connectivity index (χ1n) is 8.07. The summed E-state index contributed by atoms with van der Waals surface area (Å²) in [6, 6.07) is 20.6. The molecule has 3 heteroatoms. The molecule has 0 saturated heterocycles. The van der Waals surface area contributed by atoms with Crippen molar-refractivity contribution in [3.05, 3.63) is 102 Å². The Morgan fingerprint density at radius 2 is 1.33 bits per heavy atom. The maximum atomic E-state index is 4.45. The number of hydrogen-bond acceptors (Lipinski definition) is 3. The third-order valence-electron chi connectivity index (χ3n) is 3.85. The van der Waals surface area contributed by atoms with Crippen molar-refractivity contribution in [2.75, 3.05) is 0 Å². The highest BCUT2D eigenvalue weighted by atomic mass is 15.1. The predicted molar refractivity (Wildman–Crippen MR) is 98.0 cm³/mol. The summed E-state index contributed by atoms with van der Waals surface area (Å²) >= 11 is 0. The van der Waals surface area contributed by atoms with Crippen LogP contribution in [0.5, 0.6) is 0 Å². The second-order valence-corrected chi connectivity index (χ2v) is 5.73. The molecule has 3 rings (SSSR count). The van der Waals surface area contributed by atoms with Crippen molar-refractivity contribution in [1.82, 2.24) is 14.9 Å². The van der Waals surface area contributed by atoms with Crippen LogP contribution in [0.2, 0.25) is 0 Å². The van der Waals surface area contributed by atoms with Crippen LogP contribution >= 0.6 is 0 Å². The lowest BCUT2D eigenvalue weighted by Crippen LogP contribution is -2.23. The number of aromatic nitrogens is 2. The summed E-state index contributed by atoms with van der Waals surface area (Å²) in [7, 11) is 0. The van der Waals surface area contributed by atoms with Crippen LogP contribution in [0.3, 0.4) is 0 Å². The van der Waals surface area contributed by atoms with E-state index in [9.17, 15) is 0 Å². The summed E-state index contributed by atoms with van der Waals surface area (Å²) in [6.07, 6.45) is 5.55. The molecule has 0 radical (unpaired) electrons. The summed E-state index contributed by atoms with van der Waals surface area (Å²) in [5.41, 5.74) is 4.54. The van der Waals surface area contributed by atoms with Gasteiger partial charge in [0, 0.05) is 32.0 Å². The summed E-state index contributed by atoms with van der Waals surface area (Å²) < 4.78 is 0. The Morgan fingerprint density at radius 3 is 1.79 bits per heavy atom. The van der Waals surface area contributed by atoms with Crippen LogP contribution in [0.25, 0.3) is 6.08 Å². The van der Waals surface area contributed by atoms with E-state index in [1.165, 1.54) is 5.56 Å². The minimum absolute atomic E-state index is 0.792. The molecule has 0 N–H and O–H groups in total. The molecule has 0 saturated carbocycles. The molecule has 2 heterocycles. The van der Waals surface area contributed by atoms with Crippen molar-refractivity contribution in [3.63, 3.8) is 0 Å². The molecule has 0 atom stereocenters. The molecule has 3 aromatic rings. The molecular formula is C21H21N3. The highest BCUT2D eigenvalue weighted by Crippen LogP contribution is 2.13. The Kier molecular flexibility index (Phi) is 5.48. The quantitative estimate of drug-likeness (QED) is 0.650. The van der Waals surface area contributed by atoms with Gasteiger partial charge in [-0.15, -0.1) is 0 Å². The van der Waals surface area contributed by atoms with Crippen LogP contribution in [0.1, 0.15) is 22.5 Å². The molecule has 24 heavy (non-hydrogen) atoms. The van der Waals surface area contributed by atoms with E-state index in [4.69, 9.17) is 0 Å².